The first-order valence-electron chi connectivity index (χ1n) is 7.09. The summed E-state index contributed by atoms with van der Waals surface area (Å²) in [5.41, 5.74) is -0.539. The standard InChI is InChI=1S/C15H30O2/c1-6-8-12(3)10-15(5,14(16)17)11-13(4)9-7-2/h12-13H,6-11H2,1-5H3,(H,16,17). The van der Waals surface area contributed by atoms with E-state index < -0.39 is 11.4 Å². The average molecular weight is 242 g/mol. The zero-order chi connectivity index (χ0) is 13.5. The summed E-state index contributed by atoms with van der Waals surface area (Å²) in [6.45, 7) is 10.6. The molecule has 1 N–H and O–H groups in total. The molecule has 0 rings (SSSR count). The molecule has 0 aliphatic carbocycles. The molecular formula is C15H30O2. The maximum absolute atomic E-state index is 11.5. The van der Waals surface area contributed by atoms with E-state index in [9.17, 15) is 9.90 Å². The van der Waals surface area contributed by atoms with Gasteiger partial charge in [-0.15, -0.1) is 0 Å². The van der Waals surface area contributed by atoms with Crippen LogP contribution in [0.15, 0.2) is 0 Å². The van der Waals surface area contributed by atoms with E-state index in [0.29, 0.717) is 11.8 Å². The zero-order valence-corrected chi connectivity index (χ0v) is 12.3. The molecule has 17 heavy (non-hydrogen) atoms. The fraction of sp³-hybridized carbons (Fsp3) is 0.933. The van der Waals surface area contributed by atoms with Gasteiger partial charge in [-0.25, -0.2) is 0 Å². The fourth-order valence-electron chi connectivity index (χ4n) is 2.99. The highest BCUT2D eigenvalue weighted by atomic mass is 16.4. The summed E-state index contributed by atoms with van der Waals surface area (Å²) in [5, 5.41) is 9.47. The molecule has 2 nitrogen and oxygen atoms in total. The highest BCUT2D eigenvalue weighted by molar-refractivity contribution is 5.74. The lowest BCUT2D eigenvalue weighted by molar-refractivity contribution is -0.150. The lowest BCUT2D eigenvalue weighted by Gasteiger charge is -2.30. The van der Waals surface area contributed by atoms with Gasteiger partial charge in [0.15, 0.2) is 0 Å². The first-order valence-corrected chi connectivity index (χ1v) is 7.09. The van der Waals surface area contributed by atoms with Crippen molar-refractivity contribution in [1.29, 1.82) is 0 Å². The first-order chi connectivity index (χ1) is 7.85. The van der Waals surface area contributed by atoms with Gasteiger partial charge in [0.2, 0.25) is 0 Å². The van der Waals surface area contributed by atoms with Crippen molar-refractivity contribution < 1.29 is 9.90 Å². The molecule has 0 saturated heterocycles. The molecule has 102 valence electrons. The molecule has 0 aliphatic heterocycles. The van der Waals surface area contributed by atoms with Crippen LogP contribution < -0.4 is 0 Å². The van der Waals surface area contributed by atoms with Gasteiger partial charge >= 0.3 is 5.97 Å². The van der Waals surface area contributed by atoms with E-state index >= 15 is 0 Å². The lowest BCUT2D eigenvalue weighted by Crippen LogP contribution is -2.31. The Bertz CT molecular complexity index is 209. The van der Waals surface area contributed by atoms with E-state index in [-0.39, 0.29) is 0 Å². The zero-order valence-electron chi connectivity index (χ0n) is 12.3. The third kappa shape index (κ3) is 6.09. The minimum Gasteiger partial charge on any atom is -0.481 e. The second kappa shape index (κ2) is 7.73. The highest BCUT2D eigenvalue weighted by Gasteiger charge is 2.35. The van der Waals surface area contributed by atoms with Crippen LogP contribution in [-0.4, -0.2) is 11.1 Å². The Hall–Kier alpha value is -0.530. The molecule has 0 amide bonds. The van der Waals surface area contributed by atoms with Crippen molar-refractivity contribution in [1.82, 2.24) is 0 Å². The molecule has 2 atom stereocenters. The molecule has 0 fully saturated rings. The van der Waals surface area contributed by atoms with Gasteiger partial charge in [-0.3, -0.25) is 4.79 Å². The van der Waals surface area contributed by atoms with Crippen LogP contribution in [0.3, 0.4) is 0 Å². The van der Waals surface area contributed by atoms with Crippen LogP contribution >= 0.6 is 0 Å². The summed E-state index contributed by atoms with van der Waals surface area (Å²) in [5.74, 6) is 0.397. The van der Waals surface area contributed by atoms with Crippen LogP contribution in [0.1, 0.15) is 73.1 Å². The topological polar surface area (TPSA) is 37.3 Å². The minimum absolute atomic E-state index is 0.509. The van der Waals surface area contributed by atoms with E-state index in [1.54, 1.807) is 0 Å². The minimum atomic E-state index is -0.622. The summed E-state index contributed by atoms with van der Waals surface area (Å²) in [4.78, 5) is 11.5. The van der Waals surface area contributed by atoms with Crippen molar-refractivity contribution in [2.24, 2.45) is 17.3 Å². The van der Waals surface area contributed by atoms with Crippen LogP contribution in [0.5, 0.6) is 0 Å². The van der Waals surface area contributed by atoms with Gasteiger partial charge in [0.25, 0.3) is 0 Å². The molecule has 0 aromatic rings. The van der Waals surface area contributed by atoms with E-state index in [1.807, 2.05) is 6.92 Å². The quantitative estimate of drug-likeness (QED) is 0.634. The largest absolute Gasteiger partial charge is 0.481 e. The predicted molar refractivity (Wildman–Crippen MR) is 73.1 cm³/mol. The van der Waals surface area contributed by atoms with Gasteiger partial charge in [0.05, 0.1) is 5.41 Å². The normalized spacial score (nSPS) is 18.4. The van der Waals surface area contributed by atoms with Gasteiger partial charge in [0, 0.05) is 0 Å². The summed E-state index contributed by atoms with van der Waals surface area (Å²) in [7, 11) is 0. The Morgan fingerprint density at radius 1 is 1.06 bits per heavy atom. The van der Waals surface area contributed by atoms with E-state index in [2.05, 4.69) is 27.7 Å². The number of carboxylic acids is 1. The number of aliphatic carboxylic acids is 1. The molecular weight excluding hydrogens is 212 g/mol. The second-order valence-corrected chi connectivity index (χ2v) is 6.06. The highest BCUT2D eigenvalue weighted by Crippen LogP contribution is 2.36. The smallest absolute Gasteiger partial charge is 0.309 e. The summed E-state index contributed by atoms with van der Waals surface area (Å²) < 4.78 is 0. The van der Waals surface area contributed by atoms with Crippen molar-refractivity contribution >= 4 is 5.97 Å². The number of carboxylic acid groups (broad SMARTS) is 1. The van der Waals surface area contributed by atoms with Gasteiger partial charge in [-0.2, -0.15) is 0 Å². The average Bonchev–Trinajstić information content (AvgIpc) is 2.17. The van der Waals surface area contributed by atoms with Gasteiger partial charge < -0.3 is 5.11 Å². The molecule has 0 aromatic carbocycles. The second-order valence-electron chi connectivity index (χ2n) is 6.06. The molecule has 0 bridgehead atoms. The van der Waals surface area contributed by atoms with Crippen molar-refractivity contribution in [3.63, 3.8) is 0 Å². The van der Waals surface area contributed by atoms with Crippen LogP contribution in [0.2, 0.25) is 0 Å². The molecule has 0 aromatic heterocycles. The van der Waals surface area contributed by atoms with E-state index in [0.717, 1.165) is 38.5 Å². The maximum atomic E-state index is 11.5. The first kappa shape index (κ1) is 16.5. The Kier molecular flexibility index (Phi) is 7.49. The van der Waals surface area contributed by atoms with E-state index in [1.165, 1.54) is 0 Å². The van der Waals surface area contributed by atoms with Crippen molar-refractivity contribution in [2.45, 2.75) is 73.1 Å². The molecule has 0 saturated carbocycles. The Labute approximate surface area is 107 Å². The molecule has 0 aliphatic rings. The predicted octanol–water partition coefficient (Wildman–Crippen LogP) is 4.73. The lowest BCUT2D eigenvalue weighted by atomic mass is 9.74. The van der Waals surface area contributed by atoms with Crippen LogP contribution in [0, 0.1) is 17.3 Å². The fourth-order valence-corrected chi connectivity index (χ4v) is 2.99. The third-order valence-corrected chi connectivity index (χ3v) is 3.68. The van der Waals surface area contributed by atoms with Crippen molar-refractivity contribution in [3.05, 3.63) is 0 Å². The van der Waals surface area contributed by atoms with Crippen LogP contribution in [0.4, 0.5) is 0 Å². The molecule has 0 heterocycles. The monoisotopic (exact) mass is 242 g/mol. The molecule has 2 unspecified atom stereocenters. The SMILES string of the molecule is CCCC(C)CC(C)(CC(C)CCC)C(=O)O. The summed E-state index contributed by atoms with van der Waals surface area (Å²) in [6, 6.07) is 0. The van der Waals surface area contributed by atoms with Gasteiger partial charge in [-0.05, 0) is 31.6 Å². The van der Waals surface area contributed by atoms with Gasteiger partial charge in [-0.1, -0.05) is 53.4 Å². The van der Waals surface area contributed by atoms with E-state index in [4.69, 9.17) is 0 Å². The maximum Gasteiger partial charge on any atom is 0.309 e. The van der Waals surface area contributed by atoms with Gasteiger partial charge in [0.1, 0.15) is 0 Å². The third-order valence-electron chi connectivity index (χ3n) is 3.68. The van der Waals surface area contributed by atoms with Crippen molar-refractivity contribution in [3.8, 4) is 0 Å². The molecule has 0 radical (unpaired) electrons. The number of rotatable bonds is 9. The summed E-state index contributed by atoms with van der Waals surface area (Å²) >= 11 is 0. The molecule has 0 spiro atoms. The van der Waals surface area contributed by atoms with Crippen LogP contribution in [0.25, 0.3) is 0 Å². The molecule has 2 heteroatoms. The Balaban J connectivity index is 4.50. The number of hydrogen-bond donors (Lipinski definition) is 1. The Morgan fingerprint density at radius 2 is 1.41 bits per heavy atom. The summed E-state index contributed by atoms with van der Waals surface area (Å²) in [6.07, 6.45) is 6.16. The number of carbonyl (C=O) groups is 1. The number of hydrogen-bond acceptors (Lipinski definition) is 1. The Morgan fingerprint density at radius 3 is 1.65 bits per heavy atom. The van der Waals surface area contributed by atoms with Crippen LogP contribution in [-0.2, 0) is 4.79 Å². The van der Waals surface area contributed by atoms with Crippen molar-refractivity contribution in [2.75, 3.05) is 0 Å².